The van der Waals surface area contributed by atoms with Crippen LogP contribution in [0, 0.1) is 0 Å². The van der Waals surface area contributed by atoms with Crippen LogP contribution in [-0.4, -0.2) is 291 Å². The van der Waals surface area contributed by atoms with Gasteiger partial charge in [-0.15, -0.1) is 0 Å². The van der Waals surface area contributed by atoms with E-state index in [1.165, 1.54) is 28.2 Å². The molecule has 0 bridgehead atoms. The number of hydrogen-bond acceptors (Lipinski definition) is 56. The second kappa shape index (κ2) is 58.9. The van der Waals surface area contributed by atoms with Crippen molar-refractivity contribution in [3.8, 4) is 0 Å². The number of rotatable bonds is 78. The van der Waals surface area contributed by atoms with Crippen molar-refractivity contribution in [2.75, 3.05) is 242 Å². The number of quaternary nitrogens is 1. The van der Waals surface area contributed by atoms with Crippen molar-refractivity contribution in [1.82, 2.24) is 21.3 Å². The third kappa shape index (κ3) is 68.9. The Morgan fingerprint density at radius 1 is 0.265 bits per heavy atom. The lowest BCUT2D eigenvalue weighted by atomic mass is 10.4. The van der Waals surface area contributed by atoms with Gasteiger partial charge in [-0.05, 0) is 28.2 Å². The van der Waals surface area contributed by atoms with Gasteiger partial charge in [-0.2, -0.15) is 0 Å². The van der Waals surface area contributed by atoms with Crippen molar-refractivity contribution < 1.29 is 256 Å². The Balaban J connectivity index is 0. The second-order valence-electron chi connectivity index (χ2n) is 21.3. The van der Waals surface area contributed by atoms with Gasteiger partial charge in [0.05, 0.1) is 207 Å². The minimum absolute atomic E-state index is 0. The van der Waals surface area contributed by atoms with E-state index in [2.05, 4.69) is 112 Å². The van der Waals surface area contributed by atoms with Crippen LogP contribution in [0.3, 0.4) is 0 Å². The van der Waals surface area contributed by atoms with Crippen LogP contribution in [0.1, 0.15) is 7.43 Å². The molecule has 682 valence electrons. The SMILES string of the molecule is C.CNCOCC(COP(=O)([O-])OCCOP(=O)([O-])OCCOP(=O)([O-])OCCOP(=O)([O-])OCCOP(=O)([O-])OC(COC[N+](C)(C)C)COP(=O)([O-])OCCOP(=O)([O-])OC(COCNC)COP(=O)([O-])OCCOP(=O)([O-])OC(COCNC)COP(=O)([O-])OCCOP(=O)([O-])OC(CO)COCNC)OP(=O)(O)O. The maximum Gasteiger partial charge on any atom is 0.470 e. The molecule has 0 aromatic rings. The molecule has 0 saturated carbocycles. The van der Waals surface area contributed by atoms with Gasteiger partial charge in [0.2, 0.25) is 0 Å². The molecular weight excluding hydrogens is 1810 g/mol. The van der Waals surface area contributed by atoms with Gasteiger partial charge in [0.1, 0.15) is 30.5 Å². The maximum atomic E-state index is 12.8. The van der Waals surface area contributed by atoms with E-state index in [0.717, 1.165) is 0 Å². The molecule has 0 aromatic heterocycles. The molecule has 0 aliphatic heterocycles. The van der Waals surface area contributed by atoms with Crippen molar-refractivity contribution in [3.05, 3.63) is 0 Å². The number of phosphoric acid groups is 12. The Morgan fingerprint density at radius 3 is 0.619 bits per heavy atom. The van der Waals surface area contributed by atoms with Gasteiger partial charge in [-0.1, -0.05) is 7.43 Å². The second-order valence-corrected chi connectivity index (χ2v) is 37.9. The fraction of sp³-hybridized carbons (Fsp3) is 1.00. The van der Waals surface area contributed by atoms with Crippen LogP contribution in [0.5, 0.6) is 0 Å². The van der Waals surface area contributed by atoms with Gasteiger partial charge >= 0.3 is 7.82 Å². The fourth-order valence-electron chi connectivity index (χ4n) is 6.27. The summed E-state index contributed by atoms with van der Waals surface area (Å²) in [6.45, 7) is -24.8. The third-order valence-electron chi connectivity index (χ3n) is 10.3. The summed E-state index contributed by atoms with van der Waals surface area (Å²) in [4.78, 5) is 154. The van der Waals surface area contributed by atoms with Crippen molar-refractivity contribution in [2.24, 2.45) is 0 Å². The Morgan fingerprint density at radius 2 is 0.434 bits per heavy atom. The number of nitrogens with one attached hydrogen (secondary N) is 4. The fourth-order valence-corrected chi connectivity index (χ4v) is 15.1. The molecule has 0 aliphatic carbocycles. The summed E-state index contributed by atoms with van der Waals surface area (Å²) in [5.74, 6) is 0. The van der Waals surface area contributed by atoms with Gasteiger partial charge in [-0.3, -0.25) is 76.0 Å². The van der Waals surface area contributed by atoms with Crippen molar-refractivity contribution in [1.29, 1.82) is 0 Å². The van der Waals surface area contributed by atoms with E-state index in [9.17, 15) is 114 Å². The molecule has 113 heavy (non-hydrogen) atoms. The molecule has 0 heterocycles. The van der Waals surface area contributed by atoms with Crippen LogP contribution in [0.4, 0.5) is 0 Å². The highest BCUT2D eigenvalue weighted by Crippen LogP contribution is 2.49. The normalized spacial score (nSPS) is 19.8. The lowest BCUT2D eigenvalue weighted by Gasteiger charge is -2.32. The van der Waals surface area contributed by atoms with Crippen molar-refractivity contribution >= 4 is 93.9 Å². The first kappa shape index (κ1) is 116. The highest BCUT2D eigenvalue weighted by molar-refractivity contribution is 7.49. The third-order valence-corrected chi connectivity index (χ3v) is 22.0. The predicted octanol–water partition coefficient (Wildman–Crippen LogP) is -7.46. The van der Waals surface area contributed by atoms with Crippen LogP contribution >= 0.6 is 93.9 Å². The van der Waals surface area contributed by atoms with E-state index in [1.807, 2.05) is 0 Å². The summed E-state index contributed by atoms with van der Waals surface area (Å²) < 4.78 is 277. The van der Waals surface area contributed by atoms with E-state index in [0.29, 0.717) is 0 Å². The molecule has 0 saturated heterocycles. The van der Waals surface area contributed by atoms with Crippen LogP contribution in [0.25, 0.3) is 0 Å². The molecule has 0 spiro atoms. The molecule has 0 aliphatic rings. The topological polar surface area (TPSA) is 826 Å². The minimum atomic E-state index is -5.62. The number of hydrogen-bond donors (Lipinski definition) is 7. The number of aliphatic hydroxyl groups is 1. The van der Waals surface area contributed by atoms with E-state index < -0.39 is 276 Å². The van der Waals surface area contributed by atoms with E-state index >= 15 is 0 Å². The van der Waals surface area contributed by atoms with Crippen LogP contribution in [-0.2, 0) is 183 Å². The number of ether oxygens (including phenoxy) is 5. The molecular formula is C42H95N5O54P12-10. The Bertz CT molecular complexity index is 3190. The molecule has 0 rings (SSSR count). The summed E-state index contributed by atoms with van der Waals surface area (Å²) in [6, 6.07) is 0. The quantitative estimate of drug-likeness (QED) is 0.0129. The van der Waals surface area contributed by atoms with Crippen molar-refractivity contribution in [2.45, 2.75) is 37.9 Å². The molecule has 71 heteroatoms. The zero-order chi connectivity index (χ0) is 85.5. The van der Waals surface area contributed by atoms with E-state index in [4.69, 9.17) is 47.0 Å². The number of nitrogens with zero attached hydrogens (tertiary/aromatic N) is 1. The van der Waals surface area contributed by atoms with Crippen LogP contribution in [0.15, 0.2) is 0 Å². The van der Waals surface area contributed by atoms with Gasteiger partial charge in [0.15, 0.2) is 6.73 Å². The predicted molar refractivity (Wildman–Crippen MR) is 349 cm³/mol. The summed E-state index contributed by atoms with van der Waals surface area (Å²) in [7, 11) is -54.3. The first-order valence-corrected chi connectivity index (χ1v) is 48.6. The first-order valence-electron chi connectivity index (χ1n) is 31.0. The molecule has 0 aromatic carbocycles. The summed E-state index contributed by atoms with van der Waals surface area (Å²) in [5, 5.41) is 19.4. The molecule has 0 fully saturated rings. The highest BCUT2D eigenvalue weighted by Gasteiger charge is 2.30. The zero-order valence-corrected chi connectivity index (χ0v) is 71.1. The Hall–Kier alpha value is 0.880. The van der Waals surface area contributed by atoms with Gasteiger partial charge in [0.25, 0.3) is 86.0 Å². The molecule has 0 radical (unpaired) electrons. The van der Waals surface area contributed by atoms with E-state index in [-0.39, 0.29) is 52.2 Å². The first-order chi connectivity index (χ1) is 51.6. The lowest BCUT2D eigenvalue weighted by molar-refractivity contribution is -0.890. The van der Waals surface area contributed by atoms with Gasteiger partial charge in [0, 0.05) is 0 Å². The molecule has 16 unspecified atom stereocenters. The van der Waals surface area contributed by atoms with Gasteiger partial charge in [-0.25, -0.2) is 4.57 Å². The summed E-state index contributed by atoms with van der Waals surface area (Å²) in [5.41, 5.74) is 0. The maximum absolute atomic E-state index is 12.8. The largest absolute Gasteiger partial charge is 0.756 e. The van der Waals surface area contributed by atoms with Crippen molar-refractivity contribution in [3.63, 3.8) is 0 Å². The van der Waals surface area contributed by atoms with Crippen LogP contribution < -0.4 is 75.1 Å². The smallest absolute Gasteiger partial charge is 0.470 e. The monoisotopic (exact) mass is 1910 g/mol. The summed E-state index contributed by atoms with van der Waals surface area (Å²) in [6.07, 6.45) is -8.62. The number of aliphatic hydroxyl groups excluding tert-OH is 1. The molecule has 0 amide bonds. The van der Waals surface area contributed by atoms with Crippen LogP contribution in [0.2, 0.25) is 0 Å². The lowest BCUT2D eigenvalue weighted by Crippen LogP contribution is -2.38. The summed E-state index contributed by atoms with van der Waals surface area (Å²) >= 11 is 0. The molecule has 59 nitrogen and oxygen atoms in total. The Kier molecular flexibility index (Phi) is 60.4. The average molecular weight is 1910 g/mol. The standard InChI is InChI=1S/C41H101N5O54P12.CH4/c1-42-32-73-23-37(22-47)97-109(65,66)88-19-15-85-106(59,60)93-29-39(25-75-34-44-3)98-110(67,68)90-20-16-86-107(61,62)94-30-40(26-76-35-45-4)99-111(69,70)91-21-17-87-108(63,64)95-31-41(27-77-36-46(5,6)7)100-112(71,72)89-18-14-83-104(55,56)81-11-10-79-102(51,52)78-8-9-80-103(53,54)82-12-13-84-105(57,58)92-28-38(24-74-33-43-2)96-101(48,49)50;/h37-45,47H,8-36H2,1-7H3,(H12-,48,49,50,51,52,53,54,55,56,57,58,59,60,61,62,63,64,65,66,67,68,69,70,71,72);1H4/p-10. The molecule has 7 N–H and O–H groups in total. The zero-order valence-electron chi connectivity index (χ0n) is 60.4. The highest BCUT2D eigenvalue weighted by atomic mass is 31.2. The minimum Gasteiger partial charge on any atom is -0.756 e. The van der Waals surface area contributed by atoms with E-state index in [1.54, 1.807) is 21.1 Å². The Labute approximate surface area is 648 Å². The molecule has 16 atom stereocenters. The van der Waals surface area contributed by atoms with Gasteiger partial charge < -0.3 is 196 Å². The average Bonchev–Trinajstić information content (AvgIpc) is 0.896. The number of phosphoric ester groups is 12.